The molecule has 0 bridgehead atoms. The van der Waals surface area contributed by atoms with Crippen molar-refractivity contribution in [2.24, 2.45) is 5.92 Å². The summed E-state index contributed by atoms with van der Waals surface area (Å²) >= 11 is 0. The molecule has 0 aromatic heterocycles. The quantitative estimate of drug-likeness (QED) is 0.680. The molecule has 1 N–H and O–H groups in total. The molecule has 0 saturated carbocycles. The Balaban J connectivity index is 2.26. The Morgan fingerprint density at radius 1 is 1.24 bits per heavy atom. The van der Waals surface area contributed by atoms with E-state index in [1.807, 2.05) is 6.92 Å². The molecule has 2 rings (SSSR count). The van der Waals surface area contributed by atoms with Gasteiger partial charge in [-0.3, -0.25) is 4.79 Å². The predicted octanol–water partition coefficient (Wildman–Crippen LogP) is 2.80. The van der Waals surface area contributed by atoms with Crippen molar-refractivity contribution in [2.45, 2.75) is 64.9 Å². The fraction of sp³-hybridized carbons (Fsp3) is 0.619. The van der Waals surface area contributed by atoms with Crippen LogP contribution in [0, 0.1) is 19.8 Å². The maximum atomic E-state index is 13.2. The van der Waals surface area contributed by atoms with Crippen molar-refractivity contribution in [3.63, 3.8) is 0 Å². The SMILES string of the molecule is CCCNC(=O)C(C)OC(=O)c1cc(C)c(C)c(S(=O)(=O)N2CCC(C)CC2)c1. The van der Waals surface area contributed by atoms with Crippen LogP contribution >= 0.6 is 0 Å². The fourth-order valence-corrected chi connectivity index (χ4v) is 5.04. The van der Waals surface area contributed by atoms with Crippen molar-refractivity contribution in [1.82, 2.24) is 9.62 Å². The Bertz CT molecular complexity index is 858. The summed E-state index contributed by atoms with van der Waals surface area (Å²) in [7, 11) is -3.71. The van der Waals surface area contributed by atoms with Gasteiger partial charge in [-0.1, -0.05) is 13.8 Å². The molecule has 29 heavy (non-hydrogen) atoms. The first-order valence-corrected chi connectivity index (χ1v) is 11.6. The number of rotatable bonds is 7. The second-order valence-electron chi connectivity index (χ2n) is 7.84. The minimum atomic E-state index is -3.71. The third-order valence-corrected chi connectivity index (χ3v) is 7.44. The molecular weight excluding hydrogens is 392 g/mol. The average molecular weight is 425 g/mol. The second-order valence-corrected chi connectivity index (χ2v) is 9.75. The van der Waals surface area contributed by atoms with Crippen LogP contribution in [-0.4, -0.2) is 50.3 Å². The summed E-state index contributed by atoms with van der Waals surface area (Å²) in [5, 5.41) is 2.67. The molecule has 0 aliphatic carbocycles. The first-order chi connectivity index (χ1) is 13.6. The van der Waals surface area contributed by atoms with Gasteiger partial charge in [-0.15, -0.1) is 0 Å². The molecule has 7 nitrogen and oxygen atoms in total. The third-order valence-electron chi connectivity index (χ3n) is 5.42. The monoisotopic (exact) mass is 424 g/mol. The van der Waals surface area contributed by atoms with E-state index in [0.29, 0.717) is 36.7 Å². The molecule has 1 saturated heterocycles. The molecule has 1 aromatic rings. The highest BCUT2D eigenvalue weighted by Crippen LogP contribution is 2.28. The molecule has 1 heterocycles. The minimum Gasteiger partial charge on any atom is -0.449 e. The highest BCUT2D eigenvalue weighted by molar-refractivity contribution is 7.89. The molecular formula is C21H32N2O5S. The minimum absolute atomic E-state index is 0.127. The van der Waals surface area contributed by atoms with E-state index < -0.39 is 22.1 Å². The van der Waals surface area contributed by atoms with Crippen LogP contribution in [0.4, 0.5) is 0 Å². The lowest BCUT2D eigenvalue weighted by Gasteiger charge is -2.30. The summed E-state index contributed by atoms with van der Waals surface area (Å²) in [5.74, 6) is -0.582. The summed E-state index contributed by atoms with van der Waals surface area (Å²) in [6.07, 6.45) is 1.46. The number of hydrogen-bond acceptors (Lipinski definition) is 5. The Morgan fingerprint density at radius 3 is 2.45 bits per heavy atom. The number of aryl methyl sites for hydroxylation is 1. The Kier molecular flexibility index (Phi) is 7.82. The van der Waals surface area contributed by atoms with Crippen LogP contribution in [0.5, 0.6) is 0 Å². The van der Waals surface area contributed by atoms with E-state index >= 15 is 0 Å². The number of piperidine rings is 1. The number of carbonyl (C=O) groups excluding carboxylic acids is 2. The Labute approximate surface area is 173 Å². The topological polar surface area (TPSA) is 92.8 Å². The molecule has 1 aromatic carbocycles. The number of amides is 1. The largest absolute Gasteiger partial charge is 0.449 e. The predicted molar refractivity (Wildman–Crippen MR) is 111 cm³/mol. The summed E-state index contributed by atoms with van der Waals surface area (Å²) in [4.78, 5) is 24.7. The van der Waals surface area contributed by atoms with Crippen LogP contribution in [-0.2, 0) is 19.6 Å². The maximum Gasteiger partial charge on any atom is 0.338 e. The molecule has 162 valence electrons. The van der Waals surface area contributed by atoms with Gasteiger partial charge in [-0.05, 0) is 69.2 Å². The van der Waals surface area contributed by atoms with Crippen molar-refractivity contribution in [2.75, 3.05) is 19.6 Å². The molecule has 8 heteroatoms. The van der Waals surface area contributed by atoms with Gasteiger partial charge in [0, 0.05) is 19.6 Å². The second kappa shape index (κ2) is 9.71. The number of carbonyl (C=O) groups is 2. The molecule has 1 amide bonds. The third kappa shape index (κ3) is 5.57. The van der Waals surface area contributed by atoms with Crippen molar-refractivity contribution in [3.05, 3.63) is 28.8 Å². The van der Waals surface area contributed by atoms with E-state index in [1.54, 1.807) is 19.9 Å². The Hall–Kier alpha value is -1.93. The van der Waals surface area contributed by atoms with Crippen molar-refractivity contribution >= 4 is 21.9 Å². The van der Waals surface area contributed by atoms with Crippen LogP contribution in [0.25, 0.3) is 0 Å². The number of ether oxygens (including phenoxy) is 1. The molecule has 1 aliphatic heterocycles. The summed E-state index contributed by atoms with van der Waals surface area (Å²) in [5.41, 5.74) is 1.44. The highest BCUT2D eigenvalue weighted by atomic mass is 32.2. The zero-order chi connectivity index (χ0) is 21.8. The zero-order valence-corrected chi connectivity index (χ0v) is 18.8. The first kappa shape index (κ1) is 23.3. The van der Waals surface area contributed by atoms with Crippen molar-refractivity contribution < 1.29 is 22.7 Å². The van der Waals surface area contributed by atoms with Crippen LogP contribution in [0.3, 0.4) is 0 Å². The molecule has 1 unspecified atom stereocenters. The lowest BCUT2D eigenvalue weighted by atomic mass is 10.0. The van der Waals surface area contributed by atoms with E-state index in [4.69, 9.17) is 4.74 Å². The fourth-order valence-electron chi connectivity index (χ4n) is 3.25. The number of benzene rings is 1. The van der Waals surface area contributed by atoms with Gasteiger partial charge >= 0.3 is 5.97 Å². The van der Waals surface area contributed by atoms with Crippen molar-refractivity contribution in [3.8, 4) is 0 Å². The number of sulfonamides is 1. The highest BCUT2D eigenvalue weighted by Gasteiger charge is 2.31. The lowest BCUT2D eigenvalue weighted by Crippen LogP contribution is -2.38. The number of nitrogens with zero attached hydrogens (tertiary/aromatic N) is 1. The van der Waals surface area contributed by atoms with Gasteiger partial charge in [-0.2, -0.15) is 4.31 Å². The van der Waals surface area contributed by atoms with Gasteiger partial charge in [-0.25, -0.2) is 13.2 Å². The van der Waals surface area contributed by atoms with Gasteiger partial charge in [0.1, 0.15) is 0 Å². The van der Waals surface area contributed by atoms with E-state index in [2.05, 4.69) is 12.2 Å². The smallest absolute Gasteiger partial charge is 0.338 e. The van der Waals surface area contributed by atoms with Gasteiger partial charge in [0.15, 0.2) is 6.10 Å². The van der Waals surface area contributed by atoms with Crippen LogP contribution < -0.4 is 5.32 Å². The number of nitrogens with one attached hydrogen (secondary N) is 1. The zero-order valence-electron chi connectivity index (χ0n) is 17.9. The Morgan fingerprint density at radius 2 is 1.86 bits per heavy atom. The van der Waals surface area contributed by atoms with Crippen LogP contribution in [0.15, 0.2) is 17.0 Å². The molecule has 1 atom stereocenters. The van der Waals surface area contributed by atoms with Gasteiger partial charge < -0.3 is 10.1 Å². The van der Waals surface area contributed by atoms with E-state index in [1.165, 1.54) is 17.3 Å². The molecule has 0 radical (unpaired) electrons. The van der Waals surface area contributed by atoms with E-state index in [0.717, 1.165) is 19.3 Å². The summed E-state index contributed by atoms with van der Waals surface area (Å²) in [6.45, 7) is 10.5. The van der Waals surface area contributed by atoms with E-state index in [-0.39, 0.29) is 16.4 Å². The van der Waals surface area contributed by atoms with Gasteiger partial charge in [0.25, 0.3) is 5.91 Å². The van der Waals surface area contributed by atoms with Crippen molar-refractivity contribution in [1.29, 1.82) is 0 Å². The van der Waals surface area contributed by atoms with Gasteiger partial charge in [0.05, 0.1) is 10.5 Å². The van der Waals surface area contributed by atoms with Gasteiger partial charge in [0.2, 0.25) is 10.0 Å². The molecule has 1 aliphatic rings. The maximum absolute atomic E-state index is 13.2. The van der Waals surface area contributed by atoms with Crippen LogP contribution in [0.1, 0.15) is 61.5 Å². The number of esters is 1. The first-order valence-electron chi connectivity index (χ1n) is 10.2. The summed E-state index contributed by atoms with van der Waals surface area (Å²) < 4.78 is 33.1. The van der Waals surface area contributed by atoms with Crippen LogP contribution in [0.2, 0.25) is 0 Å². The molecule has 0 spiro atoms. The lowest BCUT2D eigenvalue weighted by molar-refractivity contribution is -0.129. The molecule has 1 fully saturated rings. The average Bonchev–Trinajstić information content (AvgIpc) is 2.67. The number of hydrogen-bond donors (Lipinski definition) is 1. The standard InChI is InChI=1S/C21H32N2O5S/c1-6-9-22-20(24)17(5)28-21(25)18-12-15(3)16(4)19(13-18)29(26,27)23-10-7-14(2)8-11-23/h12-14,17H,6-11H2,1-5H3,(H,22,24). The normalized spacial score (nSPS) is 17.0. The summed E-state index contributed by atoms with van der Waals surface area (Å²) in [6, 6.07) is 2.97. The van der Waals surface area contributed by atoms with E-state index in [9.17, 15) is 18.0 Å².